The molecule has 1 heterocycles. The predicted molar refractivity (Wildman–Crippen MR) is 78.7 cm³/mol. The Kier molecular flexibility index (Phi) is 5.17. The van der Waals surface area contributed by atoms with Gasteiger partial charge >= 0.3 is 6.03 Å². The lowest BCUT2D eigenvalue weighted by atomic mass is 10.3. The summed E-state index contributed by atoms with van der Waals surface area (Å²) in [6.45, 7) is 1.29. The van der Waals surface area contributed by atoms with Crippen molar-refractivity contribution in [3.05, 3.63) is 29.0 Å². The highest BCUT2D eigenvalue weighted by Gasteiger charge is 2.20. The first-order valence-corrected chi connectivity index (χ1v) is 6.97. The number of primary amides is 1. The standard InChI is InChI=1S/C13H18ClN5O/c14-10-2-1-6-16-11(10)5-7-17-13(19-12(15)20)18-8-9-3-4-9/h1-2,6,9H,3-5,7-8H2,(H4,15,17,18,19,20). The van der Waals surface area contributed by atoms with Crippen LogP contribution in [0.5, 0.6) is 0 Å². The van der Waals surface area contributed by atoms with Crippen LogP contribution in [0.4, 0.5) is 4.79 Å². The Morgan fingerprint density at radius 3 is 3.00 bits per heavy atom. The maximum Gasteiger partial charge on any atom is 0.318 e. The van der Waals surface area contributed by atoms with Gasteiger partial charge in [0.25, 0.3) is 0 Å². The van der Waals surface area contributed by atoms with E-state index in [0.717, 1.165) is 5.69 Å². The summed E-state index contributed by atoms with van der Waals surface area (Å²) in [4.78, 5) is 19.4. The van der Waals surface area contributed by atoms with Crippen LogP contribution in [0, 0.1) is 5.92 Å². The van der Waals surface area contributed by atoms with Crippen LogP contribution in [0.3, 0.4) is 0 Å². The monoisotopic (exact) mass is 295 g/mol. The van der Waals surface area contributed by atoms with Gasteiger partial charge in [-0.3, -0.25) is 15.3 Å². The zero-order valence-corrected chi connectivity index (χ0v) is 11.9. The number of aromatic nitrogens is 1. The number of halogens is 1. The number of carbonyl (C=O) groups is 1. The summed E-state index contributed by atoms with van der Waals surface area (Å²) in [5, 5.41) is 6.17. The van der Waals surface area contributed by atoms with E-state index in [4.69, 9.17) is 17.3 Å². The molecule has 1 fully saturated rings. The Morgan fingerprint density at radius 2 is 2.35 bits per heavy atom. The van der Waals surface area contributed by atoms with Crippen molar-refractivity contribution >= 4 is 23.6 Å². The van der Waals surface area contributed by atoms with Crippen molar-refractivity contribution in [1.29, 1.82) is 0 Å². The van der Waals surface area contributed by atoms with E-state index in [1.165, 1.54) is 12.8 Å². The topological polar surface area (TPSA) is 92.4 Å². The molecule has 0 aromatic carbocycles. The third-order valence-corrected chi connectivity index (χ3v) is 3.28. The molecule has 0 saturated heterocycles. The van der Waals surface area contributed by atoms with Crippen molar-refractivity contribution in [2.24, 2.45) is 16.6 Å². The molecule has 20 heavy (non-hydrogen) atoms. The molecule has 0 radical (unpaired) electrons. The molecular formula is C13H18ClN5O. The number of hydrogen-bond donors (Lipinski definition) is 3. The average Bonchev–Trinajstić information content (AvgIpc) is 3.21. The van der Waals surface area contributed by atoms with Crippen molar-refractivity contribution in [2.45, 2.75) is 19.3 Å². The molecule has 6 nitrogen and oxygen atoms in total. The second-order valence-corrected chi connectivity index (χ2v) is 5.14. The van der Waals surface area contributed by atoms with Gasteiger partial charge in [-0.2, -0.15) is 0 Å². The second-order valence-electron chi connectivity index (χ2n) is 4.73. The zero-order valence-electron chi connectivity index (χ0n) is 11.1. The van der Waals surface area contributed by atoms with E-state index in [-0.39, 0.29) is 0 Å². The fourth-order valence-corrected chi connectivity index (χ4v) is 1.89. The Balaban J connectivity index is 1.83. The first-order chi connectivity index (χ1) is 9.65. The zero-order chi connectivity index (χ0) is 14.4. The van der Waals surface area contributed by atoms with E-state index in [1.54, 1.807) is 18.3 Å². The number of nitrogens with one attached hydrogen (secondary N) is 2. The molecule has 1 aliphatic carbocycles. The minimum atomic E-state index is -0.622. The molecule has 1 aromatic rings. The van der Waals surface area contributed by atoms with Crippen LogP contribution in [0.25, 0.3) is 0 Å². The Bertz CT molecular complexity index is 501. The number of rotatable bonds is 5. The quantitative estimate of drug-likeness (QED) is 0.565. The van der Waals surface area contributed by atoms with Gasteiger partial charge in [-0.25, -0.2) is 4.79 Å². The number of aliphatic imine (C=N–C) groups is 1. The van der Waals surface area contributed by atoms with Crippen LogP contribution in [0.15, 0.2) is 23.3 Å². The Hall–Kier alpha value is -1.82. The van der Waals surface area contributed by atoms with Gasteiger partial charge < -0.3 is 11.1 Å². The summed E-state index contributed by atoms with van der Waals surface area (Å²) in [5.74, 6) is 1.06. The highest BCUT2D eigenvalue weighted by atomic mass is 35.5. The van der Waals surface area contributed by atoms with Crippen molar-refractivity contribution < 1.29 is 4.79 Å². The van der Waals surface area contributed by atoms with Crippen LogP contribution < -0.4 is 16.4 Å². The number of amides is 2. The van der Waals surface area contributed by atoms with Crippen LogP contribution in [-0.4, -0.2) is 30.1 Å². The molecule has 0 spiro atoms. The number of nitrogens with zero attached hydrogens (tertiary/aromatic N) is 2. The molecule has 0 aliphatic heterocycles. The van der Waals surface area contributed by atoms with E-state index in [0.29, 0.717) is 36.4 Å². The molecule has 4 N–H and O–H groups in total. The number of urea groups is 1. The summed E-state index contributed by atoms with van der Waals surface area (Å²) in [7, 11) is 0. The third kappa shape index (κ3) is 5.05. The number of pyridine rings is 1. The third-order valence-electron chi connectivity index (χ3n) is 2.94. The number of carbonyl (C=O) groups excluding carboxylic acids is 1. The predicted octanol–water partition coefficient (Wildman–Crippen LogP) is 1.30. The molecule has 1 saturated carbocycles. The number of hydrogen-bond acceptors (Lipinski definition) is 3. The van der Waals surface area contributed by atoms with Gasteiger partial charge in [0.05, 0.1) is 10.7 Å². The largest absolute Gasteiger partial charge is 0.356 e. The minimum Gasteiger partial charge on any atom is -0.356 e. The molecular weight excluding hydrogens is 278 g/mol. The van der Waals surface area contributed by atoms with Crippen molar-refractivity contribution in [3.8, 4) is 0 Å². The van der Waals surface area contributed by atoms with E-state index < -0.39 is 6.03 Å². The van der Waals surface area contributed by atoms with E-state index in [2.05, 4.69) is 20.6 Å². The lowest BCUT2D eigenvalue weighted by Crippen LogP contribution is -2.44. The Morgan fingerprint density at radius 1 is 1.55 bits per heavy atom. The highest BCUT2D eigenvalue weighted by Crippen LogP contribution is 2.28. The van der Waals surface area contributed by atoms with Crippen LogP contribution in [0.2, 0.25) is 5.02 Å². The molecule has 108 valence electrons. The molecule has 2 rings (SSSR count). The van der Waals surface area contributed by atoms with Gasteiger partial charge in [0, 0.05) is 25.7 Å². The smallest absolute Gasteiger partial charge is 0.318 e. The lowest BCUT2D eigenvalue weighted by Gasteiger charge is -2.10. The molecule has 7 heteroatoms. The van der Waals surface area contributed by atoms with Crippen molar-refractivity contribution in [1.82, 2.24) is 15.6 Å². The number of guanidine groups is 1. The summed E-state index contributed by atoms with van der Waals surface area (Å²) in [5.41, 5.74) is 5.93. The fourth-order valence-electron chi connectivity index (χ4n) is 1.68. The lowest BCUT2D eigenvalue weighted by molar-refractivity contribution is 0.253. The number of nitrogens with two attached hydrogens (primary N) is 1. The molecule has 0 atom stereocenters. The average molecular weight is 296 g/mol. The van der Waals surface area contributed by atoms with Gasteiger partial charge in [-0.1, -0.05) is 11.6 Å². The van der Waals surface area contributed by atoms with E-state index >= 15 is 0 Å². The van der Waals surface area contributed by atoms with Gasteiger partial charge in [-0.15, -0.1) is 0 Å². The Labute approximate surface area is 122 Å². The second kappa shape index (κ2) is 7.09. The van der Waals surface area contributed by atoms with E-state index in [9.17, 15) is 4.79 Å². The molecule has 1 aromatic heterocycles. The molecule has 2 amide bonds. The minimum absolute atomic E-state index is 0.413. The highest BCUT2D eigenvalue weighted by molar-refractivity contribution is 6.31. The van der Waals surface area contributed by atoms with E-state index in [1.807, 2.05) is 0 Å². The first-order valence-electron chi connectivity index (χ1n) is 6.59. The first kappa shape index (κ1) is 14.6. The van der Waals surface area contributed by atoms with Crippen molar-refractivity contribution in [3.63, 3.8) is 0 Å². The van der Waals surface area contributed by atoms with Crippen LogP contribution in [0.1, 0.15) is 18.5 Å². The normalized spacial score (nSPS) is 14.9. The van der Waals surface area contributed by atoms with Gasteiger partial charge in [0.15, 0.2) is 5.96 Å². The summed E-state index contributed by atoms with van der Waals surface area (Å²) < 4.78 is 0. The molecule has 0 bridgehead atoms. The van der Waals surface area contributed by atoms with Gasteiger partial charge in [0.1, 0.15) is 0 Å². The van der Waals surface area contributed by atoms with Crippen LogP contribution >= 0.6 is 11.6 Å². The summed E-state index contributed by atoms with van der Waals surface area (Å²) in [6, 6.07) is 2.97. The molecule has 0 unspecified atom stereocenters. The van der Waals surface area contributed by atoms with Crippen LogP contribution in [-0.2, 0) is 6.42 Å². The summed E-state index contributed by atoms with van der Waals surface area (Å²) in [6.07, 6.45) is 4.75. The fraction of sp³-hybridized carbons (Fsp3) is 0.462. The van der Waals surface area contributed by atoms with Gasteiger partial charge in [0.2, 0.25) is 0 Å². The maximum absolute atomic E-state index is 10.9. The summed E-state index contributed by atoms with van der Waals surface area (Å²) >= 11 is 6.02. The maximum atomic E-state index is 10.9. The molecule has 1 aliphatic rings. The SMILES string of the molecule is NC(=O)NC(=NCC1CC1)NCCc1ncccc1Cl. The van der Waals surface area contributed by atoms with Crippen molar-refractivity contribution in [2.75, 3.05) is 13.1 Å². The van der Waals surface area contributed by atoms with Gasteiger partial charge in [-0.05, 0) is 30.9 Å².